The van der Waals surface area contributed by atoms with Crippen molar-refractivity contribution in [3.05, 3.63) is 23.0 Å². The Kier molecular flexibility index (Phi) is 6.33. The normalized spacial score (nSPS) is 27.3. The molecule has 1 aliphatic rings. The molecule has 2 aromatic heterocycles. The Morgan fingerprint density at radius 3 is 2.64 bits per heavy atom. The quantitative estimate of drug-likeness (QED) is 0.621. The molecule has 11 nitrogen and oxygen atoms in total. The molecule has 0 spiro atoms. The number of hydrogen-bond acceptors (Lipinski definition) is 8. The van der Waals surface area contributed by atoms with Crippen LogP contribution in [-0.4, -0.2) is 69.8 Å². The largest absolute Gasteiger partial charge is 0.382 e. The van der Waals surface area contributed by atoms with Crippen LogP contribution in [0.15, 0.2) is 17.4 Å². The second kappa shape index (κ2) is 8.40. The molecule has 1 saturated heterocycles. The Bertz CT molecular complexity index is 923. The first-order valence-corrected chi connectivity index (χ1v) is 10.9. The first-order chi connectivity index (χ1) is 13.3. The zero-order valence-corrected chi connectivity index (χ0v) is 17.1. The molecule has 1 fully saturated rings. The summed E-state index contributed by atoms with van der Waals surface area (Å²) in [4.78, 5) is 30.8. The van der Waals surface area contributed by atoms with Gasteiger partial charge in [-0.15, -0.1) is 0 Å². The standard InChI is InChI=1S/C16H25N4O7P/c1-5-6-19-8-18-14-11(15(19)21)17-9-20(14)16-13(25-3)12(27-28(4,22)23)10(26-16)7-24-2/h8-10,12-13,16H,5-7H2,1-4H3,(H,22,23)/t10-,12+,13?,16-/m1/s1. The first-order valence-electron chi connectivity index (χ1n) is 8.88. The molecule has 0 bridgehead atoms. The van der Waals surface area contributed by atoms with Crippen molar-refractivity contribution in [3.63, 3.8) is 0 Å². The van der Waals surface area contributed by atoms with Gasteiger partial charge in [0.15, 0.2) is 17.4 Å². The number of nitrogens with zero attached hydrogens (tertiary/aromatic N) is 4. The average molecular weight is 416 g/mol. The number of fused-ring (bicyclic) bond motifs is 1. The van der Waals surface area contributed by atoms with Crippen LogP contribution >= 0.6 is 7.60 Å². The maximum absolute atomic E-state index is 12.6. The predicted octanol–water partition coefficient (Wildman–Crippen LogP) is 0.762. The Balaban J connectivity index is 2.01. The highest BCUT2D eigenvalue weighted by molar-refractivity contribution is 7.51. The molecule has 1 N–H and O–H groups in total. The lowest BCUT2D eigenvalue weighted by molar-refractivity contribution is -0.0629. The lowest BCUT2D eigenvalue weighted by atomic mass is 10.1. The molecule has 0 amide bonds. The summed E-state index contributed by atoms with van der Waals surface area (Å²) >= 11 is 0. The molecule has 156 valence electrons. The van der Waals surface area contributed by atoms with Crippen LogP contribution in [0.1, 0.15) is 19.6 Å². The summed E-state index contributed by atoms with van der Waals surface area (Å²) in [5.74, 6) is 0. The van der Waals surface area contributed by atoms with E-state index in [2.05, 4.69) is 9.97 Å². The maximum Gasteiger partial charge on any atom is 0.325 e. The summed E-state index contributed by atoms with van der Waals surface area (Å²) < 4.78 is 36.9. The van der Waals surface area contributed by atoms with Crippen molar-refractivity contribution in [3.8, 4) is 0 Å². The molecule has 3 rings (SSSR count). The van der Waals surface area contributed by atoms with E-state index in [0.717, 1.165) is 13.1 Å². The monoisotopic (exact) mass is 416 g/mol. The third-order valence-electron chi connectivity index (χ3n) is 4.50. The van der Waals surface area contributed by atoms with Gasteiger partial charge in [-0.2, -0.15) is 0 Å². The summed E-state index contributed by atoms with van der Waals surface area (Å²) in [6.45, 7) is 3.74. The summed E-state index contributed by atoms with van der Waals surface area (Å²) in [6.07, 6.45) is 0.701. The number of ether oxygens (including phenoxy) is 3. The fraction of sp³-hybridized carbons (Fsp3) is 0.688. The van der Waals surface area contributed by atoms with Gasteiger partial charge in [0, 0.05) is 27.4 Å². The van der Waals surface area contributed by atoms with Crippen molar-refractivity contribution in [2.45, 2.75) is 44.4 Å². The maximum atomic E-state index is 12.6. The average Bonchev–Trinajstić information content (AvgIpc) is 3.18. The van der Waals surface area contributed by atoms with Crippen molar-refractivity contribution in [1.82, 2.24) is 19.1 Å². The van der Waals surface area contributed by atoms with E-state index in [-0.39, 0.29) is 17.7 Å². The highest BCUT2D eigenvalue weighted by Gasteiger charge is 2.49. The summed E-state index contributed by atoms with van der Waals surface area (Å²) in [5.41, 5.74) is 0.308. The van der Waals surface area contributed by atoms with E-state index in [1.165, 1.54) is 31.4 Å². The Labute approximate surface area is 161 Å². The molecule has 0 saturated carbocycles. The van der Waals surface area contributed by atoms with E-state index in [1.807, 2.05) is 6.92 Å². The van der Waals surface area contributed by atoms with E-state index >= 15 is 0 Å². The van der Waals surface area contributed by atoms with Gasteiger partial charge >= 0.3 is 7.60 Å². The van der Waals surface area contributed by atoms with Gasteiger partial charge in [-0.3, -0.25) is 23.0 Å². The minimum atomic E-state index is -3.81. The molecule has 3 heterocycles. The molecule has 12 heteroatoms. The fourth-order valence-corrected chi connectivity index (χ4v) is 4.07. The molecule has 28 heavy (non-hydrogen) atoms. The molecule has 2 unspecified atom stereocenters. The second-order valence-corrected chi connectivity index (χ2v) is 8.48. The minimum Gasteiger partial charge on any atom is -0.382 e. The van der Waals surface area contributed by atoms with Crippen LogP contribution in [0.2, 0.25) is 0 Å². The van der Waals surface area contributed by atoms with E-state index in [0.29, 0.717) is 12.2 Å². The smallest absolute Gasteiger partial charge is 0.325 e. The Morgan fingerprint density at radius 2 is 2.04 bits per heavy atom. The number of imidazole rings is 1. The predicted molar refractivity (Wildman–Crippen MR) is 99.3 cm³/mol. The van der Waals surface area contributed by atoms with Gasteiger partial charge in [0.2, 0.25) is 0 Å². The zero-order chi connectivity index (χ0) is 20.5. The second-order valence-electron chi connectivity index (χ2n) is 6.66. The van der Waals surface area contributed by atoms with E-state index < -0.39 is 32.1 Å². The number of hydrogen-bond donors (Lipinski definition) is 1. The highest BCUT2D eigenvalue weighted by atomic mass is 31.2. The van der Waals surface area contributed by atoms with Gasteiger partial charge in [0.05, 0.1) is 12.9 Å². The topological polar surface area (TPSA) is 127 Å². The van der Waals surface area contributed by atoms with E-state index in [4.69, 9.17) is 18.7 Å². The summed E-state index contributed by atoms with van der Waals surface area (Å²) in [5, 5.41) is 0. The lowest BCUT2D eigenvalue weighted by Crippen LogP contribution is -2.37. The number of aromatic nitrogens is 4. The van der Waals surface area contributed by atoms with E-state index in [9.17, 15) is 14.3 Å². The lowest BCUT2D eigenvalue weighted by Gasteiger charge is -2.24. The zero-order valence-electron chi connectivity index (χ0n) is 16.2. The van der Waals surface area contributed by atoms with Crippen LogP contribution in [0.5, 0.6) is 0 Å². The van der Waals surface area contributed by atoms with Crippen LogP contribution in [0, 0.1) is 0 Å². The minimum absolute atomic E-state index is 0.129. The van der Waals surface area contributed by atoms with Crippen LogP contribution in [0.3, 0.4) is 0 Å². The first kappa shape index (κ1) is 21.1. The SMILES string of the molecule is CCCn1cnc2c(ncn2[C@@H]2O[C@H](COC)[C@H](OP(C)(=O)O)C2OC)c1=O. The van der Waals surface area contributed by atoms with Crippen LogP contribution < -0.4 is 5.56 Å². The van der Waals surface area contributed by atoms with Gasteiger partial charge in [-0.25, -0.2) is 9.97 Å². The van der Waals surface area contributed by atoms with Gasteiger partial charge in [-0.1, -0.05) is 6.92 Å². The molecule has 0 aliphatic carbocycles. The third-order valence-corrected chi connectivity index (χ3v) is 5.13. The van der Waals surface area contributed by atoms with E-state index in [1.54, 1.807) is 4.57 Å². The van der Waals surface area contributed by atoms with Gasteiger partial charge in [0.25, 0.3) is 5.56 Å². The molecule has 1 aliphatic heterocycles. The number of rotatable bonds is 8. The van der Waals surface area contributed by atoms with Gasteiger partial charge < -0.3 is 19.1 Å². The summed E-state index contributed by atoms with van der Waals surface area (Å²) in [6, 6.07) is 0. The molecular formula is C16H25N4O7P. The summed E-state index contributed by atoms with van der Waals surface area (Å²) in [7, 11) is -0.869. The van der Waals surface area contributed by atoms with Crippen molar-refractivity contribution in [1.29, 1.82) is 0 Å². The molecule has 0 aromatic carbocycles. The van der Waals surface area contributed by atoms with Crippen LogP contribution in [0.4, 0.5) is 0 Å². The van der Waals surface area contributed by atoms with Crippen LogP contribution in [0.25, 0.3) is 11.2 Å². The molecule has 2 aromatic rings. The van der Waals surface area contributed by atoms with Crippen molar-refractivity contribution < 1.29 is 28.2 Å². The molecule has 0 radical (unpaired) electrons. The van der Waals surface area contributed by atoms with Crippen molar-refractivity contribution >= 4 is 18.8 Å². The van der Waals surface area contributed by atoms with Crippen molar-refractivity contribution in [2.75, 3.05) is 27.5 Å². The molecule has 5 atom stereocenters. The van der Waals surface area contributed by atoms with Gasteiger partial charge in [0.1, 0.15) is 24.6 Å². The fourth-order valence-electron chi connectivity index (χ4n) is 3.37. The van der Waals surface area contributed by atoms with Gasteiger partial charge in [-0.05, 0) is 6.42 Å². The van der Waals surface area contributed by atoms with Crippen molar-refractivity contribution in [2.24, 2.45) is 0 Å². The number of methoxy groups -OCH3 is 2. The third kappa shape index (κ3) is 4.05. The Hall–Kier alpha value is -1.62. The number of aryl methyl sites for hydroxylation is 1. The Morgan fingerprint density at radius 1 is 1.29 bits per heavy atom. The van der Waals surface area contributed by atoms with Crippen LogP contribution in [-0.2, 0) is 29.8 Å². The molecular weight excluding hydrogens is 391 g/mol. The highest BCUT2D eigenvalue weighted by Crippen LogP contribution is 2.45.